The molecule has 100 valence electrons. The van der Waals surface area contributed by atoms with Crippen LogP contribution in [0.5, 0.6) is 5.75 Å². The molecule has 2 heterocycles. The highest BCUT2D eigenvalue weighted by Crippen LogP contribution is 2.35. The lowest BCUT2D eigenvalue weighted by Gasteiger charge is -2.05. The first kappa shape index (κ1) is 12.7. The van der Waals surface area contributed by atoms with Crippen molar-refractivity contribution in [3.63, 3.8) is 0 Å². The van der Waals surface area contributed by atoms with Crippen LogP contribution >= 0.6 is 11.8 Å². The van der Waals surface area contributed by atoms with Crippen LogP contribution in [-0.4, -0.2) is 22.8 Å². The van der Waals surface area contributed by atoms with E-state index in [1.807, 2.05) is 48.7 Å². The molecule has 0 amide bonds. The van der Waals surface area contributed by atoms with E-state index in [9.17, 15) is 4.79 Å². The van der Waals surface area contributed by atoms with E-state index in [0.717, 1.165) is 22.6 Å². The Morgan fingerprint density at radius 2 is 2.00 bits per heavy atom. The molecule has 0 fully saturated rings. The minimum atomic E-state index is 0.552. The Labute approximate surface area is 120 Å². The van der Waals surface area contributed by atoms with Crippen molar-refractivity contribution < 1.29 is 9.53 Å². The number of aldehydes is 1. The number of hydrogen-bond donors (Lipinski definition) is 0. The van der Waals surface area contributed by atoms with E-state index in [4.69, 9.17) is 4.74 Å². The summed E-state index contributed by atoms with van der Waals surface area (Å²) in [5.74, 6) is 0.770. The van der Waals surface area contributed by atoms with Gasteiger partial charge in [-0.3, -0.25) is 9.20 Å². The molecule has 0 N–H and O–H groups in total. The lowest BCUT2D eigenvalue weighted by molar-refractivity contribution is 0.111. The summed E-state index contributed by atoms with van der Waals surface area (Å²) >= 11 is 1.43. The van der Waals surface area contributed by atoms with Crippen molar-refractivity contribution in [1.29, 1.82) is 0 Å². The smallest absolute Gasteiger partial charge is 0.169 e. The van der Waals surface area contributed by atoms with Crippen LogP contribution in [0.15, 0.2) is 58.6 Å². The van der Waals surface area contributed by atoms with Crippen molar-refractivity contribution in [2.45, 2.75) is 9.92 Å². The summed E-state index contributed by atoms with van der Waals surface area (Å²) in [6.07, 6.45) is 2.66. The van der Waals surface area contributed by atoms with Crippen molar-refractivity contribution in [3.05, 3.63) is 54.4 Å². The highest BCUT2D eigenvalue weighted by molar-refractivity contribution is 7.99. The van der Waals surface area contributed by atoms with Crippen LogP contribution < -0.4 is 4.74 Å². The highest BCUT2D eigenvalue weighted by atomic mass is 32.2. The van der Waals surface area contributed by atoms with E-state index >= 15 is 0 Å². The molecule has 3 aromatic rings. The van der Waals surface area contributed by atoms with Gasteiger partial charge in [-0.1, -0.05) is 30.0 Å². The van der Waals surface area contributed by atoms with Crippen molar-refractivity contribution >= 4 is 23.7 Å². The Morgan fingerprint density at radius 3 is 2.80 bits per heavy atom. The molecule has 0 saturated carbocycles. The molecule has 0 radical (unpaired) electrons. The van der Waals surface area contributed by atoms with E-state index in [1.165, 1.54) is 11.8 Å². The van der Waals surface area contributed by atoms with E-state index in [1.54, 1.807) is 11.5 Å². The van der Waals surface area contributed by atoms with Gasteiger partial charge in [-0.15, -0.1) is 0 Å². The topological polar surface area (TPSA) is 43.6 Å². The molecule has 20 heavy (non-hydrogen) atoms. The second kappa shape index (κ2) is 5.38. The molecular weight excluding hydrogens is 272 g/mol. The summed E-state index contributed by atoms with van der Waals surface area (Å²) in [5.41, 5.74) is 1.31. The van der Waals surface area contributed by atoms with Gasteiger partial charge in [0, 0.05) is 6.20 Å². The second-order valence-electron chi connectivity index (χ2n) is 4.10. The third kappa shape index (κ3) is 2.16. The number of fused-ring (bicyclic) bond motifs is 1. The van der Waals surface area contributed by atoms with Gasteiger partial charge in [-0.05, 0) is 24.3 Å². The van der Waals surface area contributed by atoms with Crippen LogP contribution in [0.3, 0.4) is 0 Å². The maximum absolute atomic E-state index is 11.3. The molecule has 0 spiro atoms. The lowest BCUT2D eigenvalue weighted by atomic mass is 10.3. The second-order valence-corrected chi connectivity index (χ2v) is 5.13. The predicted octanol–water partition coefficient (Wildman–Crippen LogP) is 3.31. The Morgan fingerprint density at radius 1 is 1.20 bits per heavy atom. The Balaban J connectivity index is 2.08. The zero-order valence-electron chi connectivity index (χ0n) is 10.8. The number of benzene rings is 1. The van der Waals surface area contributed by atoms with E-state index in [-0.39, 0.29) is 0 Å². The number of imidazole rings is 1. The highest BCUT2D eigenvalue weighted by Gasteiger charge is 2.14. The Kier molecular flexibility index (Phi) is 3.43. The molecule has 0 aliphatic rings. The normalized spacial score (nSPS) is 10.7. The fraction of sp³-hybridized carbons (Fsp3) is 0.0667. The third-order valence-electron chi connectivity index (χ3n) is 2.92. The SMILES string of the molecule is COc1ccccc1Sc1nc2ccccn2c1C=O. The molecule has 0 saturated heterocycles. The quantitative estimate of drug-likeness (QED) is 0.689. The number of rotatable bonds is 4. The minimum absolute atomic E-state index is 0.552. The van der Waals surface area contributed by atoms with Gasteiger partial charge in [0.1, 0.15) is 22.1 Å². The van der Waals surface area contributed by atoms with Gasteiger partial charge in [-0.25, -0.2) is 4.98 Å². The van der Waals surface area contributed by atoms with Gasteiger partial charge < -0.3 is 4.74 Å². The standard InChI is InChI=1S/C15H12N2O2S/c1-19-12-6-2-3-7-13(12)20-15-11(10-18)17-9-5-4-8-14(17)16-15/h2-10H,1H3. The first-order valence-corrected chi connectivity index (χ1v) is 6.88. The molecule has 2 aromatic heterocycles. The van der Waals surface area contributed by atoms with E-state index in [0.29, 0.717) is 10.7 Å². The Hall–Kier alpha value is -2.27. The fourth-order valence-corrected chi connectivity index (χ4v) is 2.98. The molecule has 4 nitrogen and oxygen atoms in total. The summed E-state index contributed by atoms with van der Waals surface area (Å²) in [6, 6.07) is 13.3. The third-order valence-corrected chi connectivity index (χ3v) is 3.97. The zero-order chi connectivity index (χ0) is 13.9. The summed E-state index contributed by atoms with van der Waals surface area (Å²) < 4.78 is 7.10. The van der Waals surface area contributed by atoms with Crippen LogP contribution in [0.2, 0.25) is 0 Å². The summed E-state index contributed by atoms with van der Waals surface area (Å²) in [6.45, 7) is 0. The fourth-order valence-electron chi connectivity index (χ4n) is 1.98. The predicted molar refractivity (Wildman–Crippen MR) is 77.7 cm³/mol. The molecule has 0 bridgehead atoms. The van der Waals surface area contributed by atoms with E-state index < -0.39 is 0 Å². The number of carbonyl (C=O) groups is 1. The average molecular weight is 284 g/mol. The molecule has 0 unspecified atom stereocenters. The van der Waals surface area contributed by atoms with Crippen LogP contribution in [0.4, 0.5) is 0 Å². The Bertz CT molecular complexity index is 767. The molecule has 0 aliphatic carbocycles. The molecule has 5 heteroatoms. The minimum Gasteiger partial charge on any atom is -0.496 e. The van der Waals surface area contributed by atoms with Gasteiger partial charge in [0.2, 0.25) is 0 Å². The van der Waals surface area contributed by atoms with Crippen LogP contribution in [-0.2, 0) is 0 Å². The van der Waals surface area contributed by atoms with E-state index in [2.05, 4.69) is 4.98 Å². The molecule has 0 aliphatic heterocycles. The number of nitrogens with zero attached hydrogens (tertiary/aromatic N) is 2. The average Bonchev–Trinajstić information content (AvgIpc) is 2.85. The van der Waals surface area contributed by atoms with Crippen molar-refractivity contribution in [3.8, 4) is 5.75 Å². The van der Waals surface area contributed by atoms with Crippen molar-refractivity contribution in [1.82, 2.24) is 9.38 Å². The van der Waals surface area contributed by atoms with Gasteiger partial charge in [0.15, 0.2) is 6.29 Å². The number of pyridine rings is 1. The van der Waals surface area contributed by atoms with Crippen molar-refractivity contribution in [2.75, 3.05) is 7.11 Å². The maximum Gasteiger partial charge on any atom is 0.169 e. The summed E-state index contributed by atoms with van der Waals surface area (Å²) in [4.78, 5) is 16.8. The molecular formula is C15H12N2O2S. The monoisotopic (exact) mass is 284 g/mol. The van der Waals surface area contributed by atoms with Crippen LogP contribution in [0, 0.1) is 0 Å². The number of para-hydroxylation sites is 1. The van der Waals surface area contributed by atoms with Crippen LogP contribution in [0.1, 0.15) is 10.5 Å². The van der Waals surface area contributed by atoms with Gasteiger partial charge in [0.25, 0.3) is 0 Å². The van der Waals surface area contributed by atoms with Gasteiger partial charge in [-0.2, -0.15) is 0 Å². The van der Waals surface area contributed by atoms with Gasteiger partial charge >= 0.3 is 0 Å². The van der Waals surface area contributed by atoms with Gasteiger partial charge in [0.05, 0.1) is 12.0 Å². The van der Waals surface area contributed by atoms with Crippen molar-refractivity contribution in [2.24, 2.45) is 0 Å². The number of aromatic nitrogens is 2. The maximum atomic E-state index is 11.3. The largest absolute Gasteiger partial charge is 0.496 e. The zero-order valence-corrected chi connectivity index (χ0v) is 11.6. The first-order chi connectivity index (χ1) is 9.83. The first-order valence-electron chi connectivity index (χ1n) is 6.06. The summed E-state index contributed by atoms with van der Waals surface area (Å²) in [5, 5.41) is 0.677. The molecule has 3 rings (SSSR count). The molecule has 0 atom stereocenters. The summed E-state index contributed by atoms with van der Waals surface area (Å²) in [7, 11) is 1.63. The number of ether oxygens (including phenoxy) is 1. The number of hydrogen-bond acceptors (Lipinski definition) is 4. The number of methoxy groups -OCH3 is 1. The molecule has 1 aromatic carbocycles. The lowest BCUT2D eigenvalue weighted by Crippen LogP contribution is -1.91. The van der Waals surface area contributed by atoms with Crippen LogP contribution in [0.25, 0.3) is 5.65 Å². The number of carbonyl (C=O) groups excluding carboxylic acids is 1.